The molecule has 1 saturated carbocycles. The lowest BCUT2D eigenvalue weighted by molar-refractivity contribution is -0.117. The SMILES string of the molecule is Cc1ccnc(C2C[C@@H]2C(=O)Nc2cnnc(Cl)c2)n1. The van der Waals surface area contributed by atoms with Crippen molar-refractivity contribution >= 4 is 23.2 Å². The topological polar surface area (TPSA) is 80.7 Å². The monoisotopic (exact) mass is 289 g/mol. The van der Waals surface area contributed by atoms with E-state index in [9.17, 15) is 4.79 Å². The van der Waals surface area contributed by atoms with E-state index < -0.39 is 0 Å². The number of rotatable bonds is 3. The number of aryl methyl sites for hydroxylation is 1. The van der Waals surface area contributed by atoms with E-state index in [0.29, 0.717) is 5.69 Å². The number of halogens is 1. The summed E-state index contributed by atoms with van der Waals surface area (Å²) in [7, 11) is 0. The van der Waals surface area contributed by atoms with E-state index in [-0.39, 0.29) is 22.9 Å². The smallest absolute Gasteiger partial charge is 0.228 e. The highest BCUT2D eigenvalue weighted by atomic mass is 35.5. The van der Waals surface area contributed by atoms with Crippen molar-refractivity contribution in [2.24, 2.45) is 5.92 Å². The van der Waals surface area contributed by atoms with E-state index in [4.69, 9.17) is 11.6 Å². The molecule has 2 heterocycles. The zero-order chi connectivity index (χ0) is 14.1. The number of anilines is 1. The summed E-state index contributed by atoms with van der Waals surface area (Å²) >= 11 is 5.72. The molecule has 1 fully saturated rings. The Balaban J connectivity index is 1.66. The van der Waals surface area contributed by atoms with Crippen molar-refractivity contribution < 1.29 is 4.79 Å². The summed E-state index contributed by atoms with van der Waals surface area (Å²) in [6, 6.07) is 3.40. The molecule has 2 atom stereocenters. The summed E-state index contributed by atoms with van der Waals surface area (Å²) in [5, 5.41) is 10.3. The van der Waals surface area contributed by atoms with Gasteiger partial charge in [-0.05, 0) is 19.4 Å². The molecule has 0 bridgehead atoms. The zero-order valence-electron chi connectivity index (χ0n) is 10.7. The Morgan fingerprint density at radius 1 is 1.50 bits per heavy atom. The number of hydrogen-bond donors (Lipinski definition) is 1. The molecular formula is C13H12ClN5O. The maximum absolute atomic E-state index is 12.1. The predicted molar refractivity (Wildman–Crippen MR) is 73.3 cm³/mol. The summed E-state index contributed by atoms with van der Waals surface area (Å²) in [5.74, 6) is 0.670. The Kier molecular flexibility index (Phi) is 3.31. The van der Waals surface area contributed by atoms with Crippen LogP contribution in [0.4, 0.5) is 5.69 Å². The Bertz CT molecular complexity index is 663. The molecule has 3 rings (SSSR count). The van der Waals surface area contributed by atoms with E-state index in [1.165, 1.54) is 6.20 Å². The van der Waals surface area contributed by atoms with Crippen LogP contribution in [-0.4, -0.2) is 26.1 Å². The van der Waals surface area contributed by atoms with Crippen molar-refractivity contribution in [1.29, 1.82) is 0 Å². The van der Waals surface area contributed by atoms with Gasteiger partial charge in [0.25, 0.3) is 0 Å². The first kappa shape index (κ1) is 12.9. The van der Waals surface area contributed by atoms with Crippen LogP contribution in [0.3, 0.4) is 0 Å². The van der Waals surface area contributed by atoms with Crippen molar-refractivity contribution in [2.75, 3.05) is 5.32 Å². The van der Waals surface area contributed by atoms with Crippen molar-refractivity contribution in [1.82, 2.24) is 20.2 Å². The predicted octanol–water partition coefficient (Wildman–Crippen LogP) is 1.97. The third-order valence-electron chi connectivity index (χ3n) is 3.16. The molecule has 0 saturated heterocycles. The molecule has 7 heteroatoms. The zero-order valence-corrected chi connectivity index (χ0v) is 11.5. The normalized spacial score (nSPS) is 20.5. The van der Waals surface area contributed by atoms with E-state index >= 15 is 0 Å². The summed E-state index contributed by atoms with van der Waals surface area (Å²) in [4.78, 5) is 20.7. The Hall–Kier alpha value is -2.08. The average molecular weight is 290 g/mol. The molecule has 1 N–H and O–H groups in total. The minimum atomic E-state index is -0.0938. The lowest BCUT2D eigenvalue weighted by Gasteiger charge is -2.04. The number of carbonyl (C=O) groups is 1. The molecule has 0 aliphatic heterocycles. The van der Waals surface area contributed by atoms with Crippen LogP contribution in [0.2, 0.25) is 5.15 Å². The minimum absolute atomic E-state index is 0.0656. The molecule has 102 valence electrons. The number of carbonyl (C=O) groups excluding carboxylic acids is 1. The fourth-order valence-corrected chi connectivity index (χ4v) is 2.22. The quantitative estimate of drug-likeness (QED) is 0.934. The third-order valence-corrected chi connectivity index (χ3v) is 3.35. The Morgan fingerprint density at radius 2 is 2.35 bits per heavy atom. The molecule has 1 aliphatic carbocycles. The largest absolute Gasteiger partial charge is 0.324 e. The fourth-order valence-electron chi connectivity index (χ4n) is 2.06. The molecule has 2 aromatic rings. The van der Waals surface area contributed by atoms with Crippen LogP contribution >= 0.6 is 11.6 Å². The molecule has 2 aromatic heterocycles. The van der Waals surface area contributed by atoms with Crippen LogP contribution in [0.5, 0.6) is 0 Å². The summed E-state index contributed by atoms with van der Waals surface area (Å²) < 4.78 is 0. The van der Waals surface area contributed by atoms with Gasteiger partial charge < -0.3 is 5.32 Å². The Morgan fingerprint density at radius 3 is 3.10 bits per heavy atom. The number of nitrogens with zero attached hydrogens (tertiary/aromatic N) is 4. The average Bonchev–Trinajstić information content (AvgIpc) is 3.19. The molecule has 1 amide bonds. The summed E-state index contributed by atoms with van der Waals surface area (Å²) in [6.07, 6.45) is 3.95. The van der Waals surface area contributed by atoms with Crippen molar-refractivity contribution in [3.05, 3.63) is 41.2 Å². The van der Waals surface area contributed by atoms with Crippen molar-refractivity contribution in [2.45, 2.75) is 19.3 Å². The van der Waals surface area contributed by atoms with E-state index in [0.717, 1.165) is 17.9 Å². The van der Waals surface area contributed by atoms with Gasteiger partial charge in [-0.2, -0.15) is 5.10 Å². The van der Waals surface area contributed by atoms with Crippen LogP contribution in [0, 0.1) is 12.8 Å². The standard InChI is InChI=1S/C13H12ClN5O/c1-7-2-3-15-12(17-7)9-5-10(9)13(20)18-8-4-11(14)19-16-6-8/h2-4,6,9-10H,5H2,1H3,(H,18,19,20)/t9?,10-/m0/s1. The maximum Gasteiger partial charge on any atom is 0.228 e. The van der Waals surface area contributed by atoms with Crippen LogP contribution in [-0.2, 0) is 4.79 Å². The highest BCUT2D eigenvalue weighted by Crippen LogP contribution is 2.46. The lowest BCUT2D eigenvalue weighted by atomic mass is 10.2. The maximum atomic E-state index is 12.1. The van der Waals surface area contributed by atoms with E-state index in [2.05, 4.69) is 25.5 Å². The van der Waals surface area contributed by atoms with Crippen LogP contribution < -0.4 is 5.32 Å². The number of aromatic nitrogens is 4. The number of amides is 1. The third kappa shape index (κ3) is 2.75. The molecule has 0 aromatic carbocycles. The van der Waals surface area contributed by atoms with Gasteiger partial charge in [0.1, 0.15) is 5.82 Å². The molecule has 1 aliphatic rings. The van der Waals surface area contributed by atoms with Crippen molar-refractivity contribution in [3.8, 4) is 0 Å². The van der Waals surface area contributed by atoms with Gasteiger partial charge >= 0.3 is 0 Å². The van der Waals surface area contributed by atoms with Crippen LogP contribution in [0.1, 0.15) is 23.9 Å². The van der Waals surface area contributed by atoms with Crippen molar-refractivity contribution in [3.63, 3.8) is 0 Å². The van der Waals surface area contributed by atoms with Gasteiger partial charge in [0.2, 0.25) is 5.91 Å². The molecule has 20 heavy (non-hydrogen) atoms. The van der Waals surface area contributed by atoms with Gasteiger partial charge in [-0.3, -0.25) is 4.79 Å². The first-order chi connectivity index (χ1) is 9.63. The van der Waals surface area contributed by atoms with Gasteiger partial charge in [0, 0.05) is 29.8 Å². The van der Waals surface area contributed by atoms with Gasteiger partial charge in [-0.15, -0.1) is 5.10 Å². The van der Waals surface area contributed by atoms with Gasteiger partial charge in [0.05, 0.1) is 11.9 Å². The highest BCUT2D eigenvalue weighted by Gasteiger charge is 2.46. The summed E-state index contributed by atoms with van der Waals surface area (Å²) in [5.41, 5.74) is 1.46. The van der Waals surface area contributed by atoms with Crippen LogP contribution in [0.15, 0.2) is 24.5 Å². The molecule has 1 unspecified atom stereocenters. The second-order valence-corrected chi connectivity index (χ2v) is 5.15. The highest BCUT2D eigenvalue weighted by molar-refractivity contribution is 6.29. The van der Waals surface area contributed by atoms with Gasteiger partial charge in [-0.25, -0.2) is 9.97 Å². The van der Waals surface area contributed by atoms with Gasteiger partial charge in [0.15, 0.2) is 5.15 Å². The Labute approximate surface area is 120 Å². The number of nitrogens with one attached hydrogen (secondary N) is 1. The molecule has 6 nitrogen and oxygen atoms in total. The molecule has 0 radical (unpaired) electrons. The van der Waals surface area contributed by atoms with Gasteiger partial charge in [-0.1, -0.05) is 11.6 Å². The lowest BCUT2D eigenvalue weighted by Crippen LogP contribution is -2.15. The van der Waals surface area contributed by atoms with Crippen LogP contribution in [0.25, 0.3) is 0 Å². The second kappa shape index (κ2) is 5.13. The molecule has 0 spiro atoms. The second-order valence-electron chi connectivity index (χ2n) is 4.76. The fraction of sp³-hybridized carbons (Fsp3) is 0.308. The first-order valence-corrected chi connectivity index (χ1v) is 6.60. The number of hydrogen-bond acceptors (Lipinski definition) is 5. The van der Waals surface area contributed by atoms with E-state index in [1.54, 1.807) is 12.3 Å². The van der Waals surface area contributed by atoms with E-state index in [1.807, 2.05) is 13.0 Å². The first-order valence-electron chi connectivity index (χ1n) is 6.22. The minimum Gasteiger partial charge on any atom is -0.324 e. The molecular weight excluding hydrogens is 278 g/mol. The summed E-state index contributed by atoms with van der Waals surface area (Å²) in [6.45, 7) is 1.91.